The maximum atomic E-state index is 12.2. The van der Waals surface area contributed by atoms with E-state index >= 15 is 0 Å². The minimum atomic E-state index is -4.62. The minimum Gasteiger partial charge on any atom is -0.435 e. The van der Waals surface area contributed by atoms with Gasteiger partial charge in [-0.1, -0.05) is 12.1 Å². The molecule has 0 aliphatic rings. The van der Waals surface area contributed by atoms with Gasteiger partial charge >= 0.3 is 12.8 Å². The standard InChI is InChI=1S/C9H8F5NO.ClH/c10-8(11)16-6-3-1-2-5(4-6)7(15)9(12,13)14;/h1-4,7-8H,15H2;1H/t7-;/m0./s1. The van der Waals surface area contributed by atoms with E-state index < -0.39 is 18.8 Å². The summed E-state index contributed by atoms with van der Waals surface area (Å²) in [7, 11) is 0. The molecule has 8 heteroatoms. The lowest BCUT2D eigenvalue weighted by molar-refractivity contribution is -0.149. The van der Waals surface area contributed by atoms with Crippen LogP contribution < -0.4 is 10.5 Å². The van der Waals surface area contributed by atoms with E-state index in [0.717, 1.165) is 18.2 Å². The van der Waals surface area contributed by atoms with Crippen LogP contribution in [0.3, 0.4) is 0 Å². The van der Waals surface area contributed by atoms with Gasteiger partial charge in [-0.15, -0.1) is 12.4 Å². The molecule has 2 nitrogen and oxygen atoms in total. The Labute approximate surface area is 100.0 Å². The van der Waals surface area contributed by atoms with Crippen molar-refractivity contribution in [2.24, 2.45) is 5.73 Å². The predicted octanol–water partition coefficient (Wildman–Crippen LogP) is 3.27. The van der Waals surface area contributed by atoms with Crippen molar-refractivity contribution in [2.45, 2.75) is 18.8 Å². The largest absolute Gasteiger partial charge is 0.435 e. The number of rotatable bonds is 3. The van der Waals surface area contributed by atoms with Gasteiger partial charge < -0.3 is 10.5 Å². The molecule has 17 heavy (non-hydrogen) atoms. The fourth-order valence-corrected chi connectivity index (χ4v) is 1.07. The quantitative estimate of drug-likeness (QED) is 0.861. The first-order valence-electron chi connectivity index (χ1n) is 4.18. The van der Waals surface area contributed by atoms with E-state index in [0.29, 0.717) is 0 Å². The molecule has 0 radical (unpaired) electrons. The molecule has 2 N–H and O–H groups in total. The molecule has 0 fully saturated rings. The Bertz CT molecular complexity index is 357. The predicted molar refractivity (Wildman–Crippen MR) is 53.3 cm³/mol. The van der Waals surface area contributed by atoms with E-state index in [9.17, 15) is 22.0 Å². The smallest absolute Gasteiger partial charge is 0.407 e. The highest BCUT2D eigenvalue weighted by molar-refractivity contribution is 5.85. The second-order valence-corrected chi connectivity index (χ2v) is 2.97. The lowest BCUT2D eigenvalue weighted by atomic mass is 10.1. The number of nitrogens with two attached hydrogens (primary N) is 1. The van der Waals surface area contributed by atoms with E-state index in [2.05, 4.69) is 4.74 Å². The van der Waals surface area contributed by atoms with Crippen LogP contribution in [-0.2, 0) is 0 Å². The van der Waals surface area contributed by atoms with Crippen LogP contribution in [0.5, 0.6) is 5.75 Å². The van der Waals surface area contributed by atoms with Crippen LogP contribution in [0.15, 0.2) is 24.3 Å². The molecule has 98 valence electrons. The summed E-state index contributed by atoms with van der Waals surface area (Å²) in [5, 5.41) is 0. The van der Waals surface area contributed by atoms with Crippen molar-refractivity contribution >= 4 is 12.4 Å². The summed E-state index contributed by atoms with van der Waals surface area (Å²) >= 11 is 0. The summed E-state index contributed by atoms with van der Waals surface area (Å²) in [4.78, 5) is 0. The molecule has 0 heterocycles. The molecule has 1 aromatic rings. The first kappa shape index (κ1) is 15.9. The average molecular weight is 278 g/mol. The zero-order valence-corrected chi connectivity index (χ0v) is 9.06. The van der Waals surface area contributed by atoms with Gasteiger partial charge in [-0.2, -0.15) is 22.0 Å². The molecule has 0 saturated heterocycles. The average Bonchev–Trinajstić information content (AvgIpc) is 2.14. The molecule has 0 amide bonds. The van der Waals surface area contributed by atoms with Gasteiger partial charge in [0.1, 0.15) is 11.8 Å². The Kier molecular flexibility index (Phi) is 5.63. The number of alkyl halides is 5. The molecule has 0 aliphatic heterocycles. The zero-order chi connectivity index (χ0) is 12.3. The van der Waals surface area contributed by atoms with Gasteiger partial charge in [0.15, 0.2) is 0 Å². The zero-order valence-electron chi connectivity index (χ0n) is 8.25. The molecule has 0 saturated carbocycles. The summed E-state index contributed by atoms with van der Waals surface area (Å²) in [5.41, 5.74) is 4.58. The van der Waals surface area contributed by atoms with Crippen molar-refractivity contribution in [2.75, 3.05) is 0 Å². The number of halogens is 6. The van der Waals surface area contributed by atoms with Crippen molar-refractivity contribution in [1.29, 1.82) is 0 Å². The molecule has 0 spiro atoms. The Morgan fingerprint density at radius 2 is 1.76 bits per heavy atom. The van der Waals surface area contributed by atoms with Crippen LogP contribution in [0.25, 0.3) is 0 Å². The van der Waals surface area contributed by atoms with Crippen molar-refractivity contribution < 1.29 is 26.7 Å². The second kappa shape index (κ2) is 6.02. The molecule has 1 aromatic carbocycles. The Hall–Kier alpha value is -1.08. The van der Waals surface area contributed by atoms with Crippen molar-refractivity contribution in [3.63, 3.8) is 0 Å². The highest BCUT2D eigenvalue weighted by Crippen LogP contribution is 2.31. The van der Waals surface area contributed by atoms with E-state index in [1.165, 1.54) is 6.07 Å². The maximum absolute atomic E-state index is 12.2. The highest BCUT2D eigenvalue weighted by atomic mass is 35.5. The van der Waals surface area contributed by atoms with Gasteiger partial charge in [-0.05, 0) is 17.7 Å². The fourth-order valence-electron chi connectivity index (χ4n) is 1.07. The molecule has 0 unspecified atom stereocenters. The number of benzene rings is 1. The van der Waals surface area contributed by atoms with E-state index in [1.807, 2.05) is 0 Å². The van der Waals surface area contributed by atoms with Crippen LogP contribution in [0.2, 0.25) is 0 Å². The molecule has 0 bridgehead atoms. The third-order valence-electron chi connectivity index (χ3n) is 1.80. The molecule has 1 rings (SSSR count). The minimum absolute atomic E-state index is 0. The van der Waals surface area contributed by atoms with Crippen LogP contribution in [-0.4, -0.2) is 12.8 Å². The maximum Gasteiger partial charge on any atom is 0.407 e. The summed E-state index contributed by atoms with van der Waals surface area (Å²) in [5.74, 6) is -0.354. The van der Waals surface area contributed by atoms with Gasteiger partial charge in [0, 0.05) is 0 Å². The Morgan fingerprint density at radius 3 is 2.24 bits per heavy atom. The lowest BCUT2D eigenvalue weighted by Crippen LogP contribution is -2.28. The fraction of sp³-hybridized carbons (Fsp3) is 0.333. The Morgan fingerprint density at radius 1 is 1.18 bits per heavy atom. The monoisotopic (exact) mass is 277 g/mol. The van der Waals surface area contributed by atoms with E-state index in [1.54, 1.807) is 0 Å². The summed E-state index contributed by atoms with van der Waals surface area (Å²) in [6, 6.07) is 2.01. The Balaban J connectivity index is 0.00000256. The van der Waals surface area contributed by atoms with Crippen molar-refractivity contribution in [3.8, 4) is 5.75 Å². The molecule has 0 aromatic heterocycles. The first-order valence-corrected chi connectivity index (χ1v) is 4.18. The lowest BCUT2D eigenvalue weighted by Gasteiger charge is -2.16. The molecular formula is C9H9ClF5NO. The normalized spacial score (nSPS) is 13.1. The van der Waals surface area contributed by atoms with E-state index in [-0.39, 0.29) is 23.7 Å². The van der Waals surface area contributed by atoms with Crippen LogP contribution in [0.1, 0.15) is 11.6 Å². The van der Waals surface area contributed by atoms with Crippen LogP contribution in [0.4, 0.5) is 22.0 Å². The van der Waals surface area contributed by atoms with Gasteiger partial charge in [-0.25, -0.2) is 0 Å². The topological polar surface area (TPSA) is 35.2 Å². The number of ether oxygens (including phenoxy) is 1. The molecule has 1 atom stereocenters. The molecular weight excluding hydrogens is 269 g/mol. The van der Waals surface area contributed by atoms with Crippen molar-refractivity contribution in [3.05, 3.63) is 29.8 Å². The van der Waals surface area contributed by atoms with Crippen LogP contribution in [0, 0.1) is 0 Å². The summed E-state index contributed by atoms with van der Waals surface area (Å²) < 4.78 is 64.2. The van der Waals surface area contributed by atoms with Gasteiger partial charge in [0.2, 0.25) is 0 Å². The number of hydrogen-bond acceptors (Lipinski definition) is 2. The highest BCUT2D eigenvalue weighted by Gasteiger charge is 2.37. The summed E-state index contributed by atoms with van der Waals surface area (Å²) in [6.45, 7) is -3.09. The van der Waals surface area contributed by atoms with Gasteiger partial charge in [0.05, 0.1) is 0 Å². The SMILES string of the molecule is Cl.N[C@@H](c1cccc(OC(F)F)c1)C(F)(F)F. The van der Waals surface area contributed by atoms with Gasteiger partial charge in [-0.3, -0.25) is 0 Å². The van der Waals surface area contributed by atoms with Crippen molar-refractivity contribution in [1.82, 2.24) is 0 Å². The van der Waals surface area contributed by atoms with E-state index in [4.69, 9.17) is 5.73 Å². The molecule has 0 aliphatic carbocycles. The second-order valence-electron chi connectivity index (χ2n) is 2.97. The number of hydrogen-bond donors (Lipinski definition) is 1. The third kappa shape index (κ3) is 4.74. The first-order chi connectivity index (χ1) is 7.30. The van der Waals surface area contributed by atoms with Gasteiger partial charge in [0.25, 0.3) is 0 Å². The third-order valence-corrected chi connectivity index (χ3v) is 1.80. The van der Waals surface area contributed by atoms with Crippen LogP contribution >= 0.6 is 12.4 Å². The summed E-state index contributed by atoms with van der Waals surface area (Å²) in [6.07, 6.45) is -4.62.